The summed E-state index contributed by atoms with van der Waals surface area (Å²) in [7, 11) is 0. The molecule has 0 aliphatic carbocycles. The van der Waals surface area contributed by atoms with E-state index in [1.165, 1.54) is 19.1 Å². The van der Waals surface area contributed by atoms with Crippen molar-refractivity contribution in [2.45, 2.75) is 13.3 Å². The molecule has 1 N–H and O–H groups in total. The number of carbonyl (C=O) groups is 1. The number of phenolic OH excluding ortho intramolecular Hbond substituents is 1. The molecular weight excluding hydrogens is 190 g/mol. The molecule has 0 radical (unpaired) electrons. The van der Waals surface area contributed by atoms with Crippen LogP contribution in [0.2, 0.25) is 0 Å². The van der Waals surface area contributed by atoms with E-state index >= 15 is 0 Å². The molecule has 0 aromatic heterocycles. The summed E-state index contributed by atoms with van der Waals surface area (Å²) in [5.41, 5.74) is 0.869. The second-order valence-electron chi connectivity index (χ2n) is 2.92. The van der Waals surface area contributed by atoms with Crippen LogP contribution < -0.4 is 0 Å². The first kappa shape index (κ1) is 10.8. The quantitative estimate of drug-likeness (QED) is 0.554. The molecule has 0 saturated carbocycles. The molecule has 15 heavy (non-hydrogen) atoms. The zero-order valence-electron chi connectivity index (χ0n) is 8.24. The normalized spacial score (nSPS) is 8.53. The molecule has 0 atom stereocenters. The van der Waals surface area contributed by atoms with Crippen molar-refractivity contribution in [1.82, 2.24) is 0 Å². The minimum Gasteiger partial charge on any atom is -0.507 e. The van der Waals surface area contributed by atoms with Crippen molar-refractivity contribution in [2.75, 3.05) is 0 Å². The van der Waals surface area contributed by atoms with E-state index in [2.05, 4.69) is 11.8 Å². The smallest absolute Gasteiger partial charge is 0.163 e. The Balaban J connectivity index is 2.99. The Kier molecular flexibility index (Phi) is 3.49. The highest BCUT2D eigenvalue weighted by molar-refractivity contribution is 5.96. The molecule has 3 heteroatoms. The van der Waals surface area contributed by atoms with Crippen LogP contribution in [0.3, 0.4) is 0 Å². The Hall–Kier alpha value is -2.26. The second kappa shape index (κ2) is 4.83. The second-order valence-corrected chi connectivity index (χ2v) is 2.92. The minimum atomic E-state index is -0.191. The van der Waals surface area contributed by atoms with E-state index in [0.29, 0.717) is 5.56 Å². The molecule has 0 spiro atoms. The van der Waals surface area contributed by atoms with Crippen molar-refractivity contribution < 1.29 is 9.90 Å². The van der Waals surface area contributed by atoms with Gasteiger partial charge < -0.3 is 5.11 Å². The van der Waals surface area contributed by atoms with Gasteiger partial charge in [0.25, 0.3) is 0 Å². The number of benzene rings is 1. The van der Waals surface area contributed by atoms with Crippen LogP contribution in [0.1, 0.15) is 29.3 Å². The van der Waals surface area contributed by atoms with Gasteiger partial charge in [0.2, 0.25) is 0 Å². The Morgan fingerprint density at radius 3 is 2.80 bits per heavy atom. The third kappa shape index (κ3) is 2.86. The summed E-state index contributed by atoms with van der Waals surface area (Å²) < 4.78 is 0. The van der Waals surface area contributed by atoms with Crippen molar-refractivity contribution in [1.29, 1.82) is 5.26 Å². The number of rotatable bonds is 1. The molecule has 74 valence electrons. The van der Waals surface area contributed by atoms with Gasteiger partial charge in [-0.15, -0.1) is 0 Å². The summed E-state index contributed by atoms with van der Waals surface area (Å²) in [6, 6.07) is 6.47. The van der Waals surface area contributed by atoms with Gasteiger partial charge in [-0.2, -0.15) is 5.26 Å². The maximum atomic E-state index is 11.0. The highest BCUT2D eigenvalue weighted by Crippen LogP contribution is 2.18. The van der Waals surface area contributed by atoms with Crippen molar-refractivity contribution >= 4 is 5.78 Å². The predicted molar refractivity (Wildman–Crippen MR) is 55.2 cm³/mol. The van der Waals surface area contributed by atoms with Gasteiger partial charge in [-0.1, -0.05) is 11.8 Å². The van der Waals surface area contributed by atoms with Gasteiger partial charge >= 0.3 is 0 Å². The van der Waals surface area contributed by atoms with Crippen LogP contribution in [0.5, 0.6) is 5.75 Å². The van der Waals surface area contributed by atoms with Crippen LogP contribution in [-0.2, 0) is 0 Å². The first-order chi connectivity index (χ1) is 7.15. The number of hydrogen-bond donors (Lipinski definition) is 1. The largest absolute Gasteiger partial charge is 0.507 e. The molecule has 0 fully saturated rings. The number of nitrogens with zero attached hydrogens (tertiary/aromatic N) is 1. The number of aromatic hydroxyl groups is 1. The zero-order chi connectivity index (χ0) is 11.3. The number of nitriles is 1. The highest BCUT2D eigenvalue weighted by atomic mass is 16.3. The maximum absolute atomic E-state index is 11.0. The molecule has 0 bridgehead atoms. The van der Waals surface area contributed by atoms with E-state index in [9.17, 15) is 9.90 Å². The lowest BCUT2D eigenvalue weighted by molar-refractivity contribution is 0.101. The van der Waals surface area contributed by atoms with Crippen LogP contribution >= 0.6 is 0 Å². The third-order valence-electron chi connectivity index (χ3n) is 1.78. The Morgan fingerprint density at radius 2 is 2.27 bits per heavy atom. The van der Waals surface area contributed by atoms with Crippen LogP contribution in [0.15, 0.2) is 18.2 Å². The minimum absolute atomic E-state index is 0.0775. The first-order valence-corrected chi connectivity index (χ1v) is 4.35. The van der Waals surface area contributed by atoms with E-state index in [-0.39, 0.29) is 23.5 Å². The monoisotopic (exact) mass is 199 g/mol. The third-order valence-corrected chi connectivity index (χ3v) is 1.78. The first-order valence-electron chi connectivity index (χ1n) is 4.35. The average Bonchev–Trinajstić information content (AvgIpc) is 2.17. The number of Topliss-reactive ketones (excluding diaryl/α,β-unsaturated/α-hetero) is 1. The van der Waals surface area contributed by atoms with Crippen molar-refractivity contribution in [3.8, 4) is 23.7 Å². The lowest BCUT2D eigenvalue weighted by Crippen LogP contribution is -1.92. The van der Waals surface area contributed by atoms with Crippen molar-refractivity contribution in [3.63, 3.8) is 0 Å². The molecule has 3 nitrogen and oxygen atoms in total. The number of hydrogen-bond acceptors (Lipinski definition) is 3. The topological polar surface area (TPSA) is 61.1 Å². The van der Waals surface area contributed by atoms with E-state index in [4.69, 9.17) is 5.26 Å². The van der Waals surface area contributed by atoms with Crippen molar-refractivity contribution in [2.24, 2.45) is 0 Å². The molecule has 0 amide bonds. The highest BCUT2D eigenvalue weighted by Gasteiger charge is 2.05. The van der Waals surface area contributed by atoms with Gasteiger partial charge in [0, 0.05) is 5.56 Å². The van der Waals surface area contributed by atoms with E-state index in [1.54, 1.807) is 6.07 Å². The van der Waals surface area contributed by atoms with Gasteiger partial charge in [-0.25, -0.2) is 0 Å². The van der Waals surface area contributed by atoms with Crippen LogP contribution in [0, 0.1) is 23.2 Å². The summed E-state index contributed by atoms with van der Waals surface area (Å²) in [5, 5.41) is 17.7. The van der Waals surface area contributed by atoms with Gasteiger partial charge in [0.05, 0.1) is 18.1 Å². The fraction of sp³-hybridized carbons (Fsp3) is 0.167. The Labute approximate surface area is 88.0 Å². The van der Waals surface area contributed by atoms with Gasteiger partial charge in [-0.05, 0) is 25.1 Å². The van der Waals surface area contributed by atoms with E-state index in [0.717, 1.165) is 0 Å². The lowest BCUT2D eigenvalue weighted by atomic mass is 10.1. The van der Waals surface area contributed by atoms with Crippen LogP contribution in [-0.4, -0.2) is 10.9 Å². The number of ketones is 1. The summed E-state index contributed by atoms with van der Waals surface area (Å²) in [6.07, 6.45) is 0.148. The average molecular weight is 199 g/mol. The SMILES string of the molecule is CC(=O)c1ccc(C#CCC#N)cc1O. The lowest BCUT2D eigenvalue weighted by Gasteiger charge is -1.99. The van der Waals surface area contributed by atoms with Gasteiger partial charge in [0.15, 0.2) is 5.78 Å². The summed E-state index contributed by atoms with van der Waals surface area (Å²) in [6.45, 7) is 1.39. The van der Waals surface area contributed by atoms with Crippen molar-refractivity contribution in [3.05, 3.63) is 29.3 Å². The summed E-state index contributed by atoms with van der Waals surface area (Å²) in [5.74, 6) is 5.06. The van der Waals surface area contributed by atoms with E-state index < -0.39 is 0 Å². The Bertz CT molecular complexity index is 487. The number of carbonyl (C=O) groups excluding carboxylic acids is 1. The Morgan fingerprint density at radius 1 is 1.53 bits per heavy atom. The molecule has 0 unspecified atom stereocenters. The van der Waals surface area contributed by atoms with Crippen LogP contribution in [0.4, 0.5) is 0 Å². The molecule has 0 heterocycles. The molecule has 0 aliphatic heterocycles. The number of phenols is 1. The maximum Gasteiger partial charge on any atom is 0.163 e. The molecule has 0 aliphatic rings. The molecule has 1 aromatic carbocycles. The zero-order valence-corrected chi connectivity index (χ0v) is 8.24. The molecule has 1 rings (SSSR count). The fourth-order valence-corrected chi connectivity index (χ4v) is 1.09. The predicted octanol–water partition coefficient (Wildman–Crippen LogP) is 1.86. The molecule has 1 aromatic rings. The molecular formula is C12H9NO2. The summed E-state index contributed by atoms with van der Waals surface area (Å²) in [4.78, 5) is 11.0. The van der Waals surface area contributed by atoms with Gasteiger partial charge in [-0.3, -0.25) is 4.79 Å². The van der Waals surface area contributed by atoms with E-state index in [1.807, 2.05) is 6.07 Å². The standard InChI is InChI=1S/C12H9NO2/c1-9(14)11-6-5-10(8-12(11)15)4-2-3-7-13/h5-6,8,15H,3H2,1H3. The summed E-state index contributed by atoms with van der Waals surface area (Å²) >= 11 is 0. The van der Waals surface area contributed by atoms with Gasteiger partial charge in [0.1, 0.15) is 5.75 Å². The molecule has 0 saturated heterocycles. The fourth-order valence-electron chi connectivity index (χ4n) is 1.09. The van der Waals surface area contributed by atoms with Crippen LogP contribution in [0.25, 0.3) is 0 Å².